The van der Waals surface area contributed by atoms with Crippen LogP contribution in [0.1, 0.15) is 36.1 Å². The first kappa shape index (κ1) is 21.2. The Morgan fingerprint density at radius 1 is 1.03 bits per heavy atom. The van der Waals surface area contributed by atoms with E-state index >= 15 is 0 Å². The summed E-state index contributed by atoms with van der Waals surface area (Å²) in [6.45, 7) is 9.93. The van der Waals surface area contributed by atoms with E-state index in [0.717, 1.165) is 28.7 Å². The van der Waals surface area contributed by atoms with Gasteiger partial charge in [0.2, 0.25) is 0 Å². The molecule has 0 aromatic heterocycles. The van der Waals surface area contributed by atoms with Gasteiger partial charge in [0.15, 0.2) is 0 Å². The molecule has 0 heterocycles. The summed E-state index contributed by atoms with van der Waals surface area (Å²) in [7, 11) is 0. The minimum atomic E-state index is -0.528. The zero-order chi connectivity index (χ0) is 21.7. The standard InChI is InChI=1S/C26H27NO3/c1-5-6-19-7-14-23(15-8-19)30-25(29)27-24-16-11-21(17-18(24)2)26(3,4)20-9-12-22(28)13-10-20/h5,7-17,28H,1,6H2,2-4H3,(H,27,29). The maximum Gasteiger partial charge on any atom is 0.417 e. The SMILES string of the molecule is C=CCc1ccc(OC(=O)Nc2ccc(C(C)(C)c3ccc(O)cc3)cc2C)cc1. The minimum absolute atomic E-state index is 0.245. The summed E-state index contributed by atoms with van der Waals surface area (Å²) in [5.41, 5.74) is 4.72. The minimum Gasteiger partial charge on any atom is -0.508 e. The fourth-order valence-electron chi connectivity index (χ4n) is 3.34. The van der Waals surface area contributed by atoms with E-state index < -0.39 is 6.09 Å². The smallest absolute Gasteiger partial charge is 0.417 e. The third-order valence-corrected chi connectivity index (χ3v) is 5.29. The number of amides is 1. The Labute approximate surface area is 177 Å². The average Bonchev–Trinajstić information content (AvgIpc) is 2.71. The van der Waals surface area contributed by atoms with Crippen molar-refractivity contribution in [3.63, 3.8) is 0 Å². The highest BCUT2D eigenvalue weighted by atomic mass is 16.6. The van der Waals surface area contributed by atoms with E-state index in [4.69, 9.17) is 4.74 Å². The van der Waals surface area contributed by atoms with Gasteiger partial charge < -0.3 is 9.84 Å². The van der Waals surface area contributed by atoms with E-state index in [9.17, 15) is 9.90 Å². The van der Waals surface area contributed by atoms with Crippen molar-refractivity contribution >= 4 is 11.8 Å². The van der Waals surface area contributed by atoms with Crippen LogP contribution in [0.4, 0.5) is 10.5 Å². The van der Waals surface area contributed by atoms with Crippen LogP contribution in [0.3, 0.4) is 0 Å². The summed E-state index contributed by atoms with van der Waals surface area (Å²) in [4.78, 5) is 12.3. The maximum absolute atomic E-state index is 12.3. The van der Waals surface area contributed by atoms with Crippen molar-refractivity contribution in [2.45, 2.75) is 32.6 Å². The Bertz CT molecular complexity index is 1030. The Hall–Kier alpha value is -3.53. The molecule has 4 heteroatoms. The van der Waals surface area contributed by atoms with E-state index in [-0.39, 0.29) is 11.2 Å². The number of carbonyl (C=O) groups excluding carboxylic acids is 1. The number of hydrogen-bond donors (Lipinski definition) is 2. The average molecular weight is 402 g/mol. The second-order valence-electron chi connectivity index (χ2n) is 7.85. The first-order chi connectivity index (χ1) is 14.3. The lowest BCUT2D eigenvalue weighted by Crippen LogP contribution is -2.20. The molecule has 154 valence electrons. The summed E-state index contributed by atoms with van der Waals surface area (Å²) in [5, 5.41) is 12.4. The van der Waals surface area contributed by atoms with Crippen LogP contribution < -0.4 is 10.1 Å². The lowest BCUT2D eigenvalue weighted by Gasteiger charge is -2.27. The van der Waals surface area contributed by atoms with Crippen molar-refractivity contribution in [3.05, 3.63) is 102 Å². The van der Waals surface area contributed by atoms with Crippen molar-refractivity contribution in [1.82, 2.24) is 0 Å². The zero-order valence-corrected chi connectivity index (χ0v) is 17.6. The number of allylic oxidation sites excluding steroid dienone is 1. The first-order valence-corrected chi connectivity index (χ1v) is 9.89. The van der Waals surface area contributed by atoms with Gasteiger partial charge in [0, 0.05) is 11.1 Å². The van der Waals surface area contributed by atoms with Crippen LogP contribution in [0, 0.1) is 6.92 Å². The quantitative estimate of drug-likeness (QED) is 0.472. The predicted octanol–water partition coefficient (Wildman–Crippen LogP) is 6.37. The third-order valence-electron chi connectivity index (χ3n) is 5.29. The van der Waals surface area contributed by atoms with Crippen LogP contribution in [-0.2, 0) is 11.8 Å². The number of aromatic hydroxyl groups is 1. The molecule has 0 spiro atoms. The molecule has 30 heavy (non-hydrogen) atoms. The number of anilines is 1. The molecular weight excluding hydrogens is 374 g/mol. The van der Waals surface area contributed by atoms with Crippen molar-refractivity contribution in [1.29, 1.82) is 0 Å². The highest BCUT2D eigenvalue weighted by molar-refractivity contribution is 5.87. The molecule has 0 aliphatic heterocycles. The second kappa shape index (κ2) is 8.87. The van der Waals surface area contributed by atoms with Crippen molar-refractivity contribution < 1.29 is 14.6 Å². The van der Waals surface area contributed by atoms with Crippen molar-refractivity contribution in [2.75, 3.05) is 5.32 Å². The molecule has 3 aromatic carbocycles. The van der Waals surface area contributed by atoms with Crippen LogP contribution in [0.2, 0.25) is 0 Å². The number of phenols is 1. The molecule has 0 fully saturated rings. The Balaban J connectivity index is 1.71. The predicted molar refractivity (Wildman–Crippen MR) is 121 cm³/mol. The summed E-state index contributed by atoms with van der Waals surface area (Å²) in [6, 6.07) is 20.6. The van der Waals surface area contributed by atoms with E-state index in [1.54, 1.807) is 24.3 Å². The van der Waals surface area contributed by atoms with Crippen LogP contribution in [0.25, 0.3) is 0 Å². The lowest BCUT2D eigenvalue weighted by molar-refractivity contribution is 0.215. The molecule has 2 N–H and O–H groups in total. The van der Waals surface area contributed by atoms with E-state index in [0.29, 0.717) is 11.4 Å². The highest BCUT2D eigenvalue weighted by Crippen LogP contribution is 2.34. The molecule has 0 unspecified atom stereocenters. The third kappa shape index (κ3) is 4.90. The van der Waals surface area contributed by atoms with Gasteiger partial charge in [0.1, 0.15) is 11.5 Å². The highest BCUT2D eigenvalue weighted by Gasteiger charge is 2.24. The van der Waals surface area contributed by atoms with E-state index in [1.807, 2.05) is 49.4 Å². The molecule has 0 aliphatic carbocycles. The molecule has 0 saturated heterocycles. The topological polar surface area (TPSA) is 58.6 Å². The number of benzene rings is 3. The van der Waals surface area contributed by atoms with Gasteiger partial charge in [-0.15, -0.1) is 6.58 Å². The summed E-state index contributed by atoms with van der Waals surface area (Å²) >= 11 is 0. The van der Waals surface area contributed by atoms with Crippen LogP contribution >= 0.6 is 0 Å². The summed E-state index contributed by atoms with van der Waals surface area (Å²) < 4.78 is 5.38. The number of hydrogen-bond acceptors (Lipinski definition) is 3. The van der Waals surface area contributed by atoms with Crippen LogP contribution in [0.15, 0.2) is 79.4 Å². The number of aryl methyl sites for hydroxylation is 1. The van der Waals surface area contributed by atoms with Crippen LogP contribution in [-0.4, -0.2) is 11.2 Å². The number of phenolic OH excluding ortho intramolecular Hbond substituents is 1. The molecule has 0 bridgehead atoms. The van der Waals surface area contributed by atoms with Gasteiger partial charge >= 0.3 is 6.09 Å². The van der Waals surface area contributed by atoms with Gasteiger partial charge in [0.05, 0.1) is 0 Å². The molecule has 3 aromatic rings. The van der Waals surface area contributed by atoms with Crippen molar-refractivity contribution in [3.8, 4) is 11.5 Å². The molecule has 1 amide bonds. The van der Waals surface area contributed by atoms with Crippen LogP contribution in [0.5, 0.6) is 11.5 Å². The monoisotopic (exact) mass is 401 g/mol. The molecule has 0 radical (unpaired) electrons. The molecule has 0 atom stereocenters. The number of nitrogens with one attached hydrogen (secondary N) is 1. The van der Waals surface area contributed by atoms with Gasteiger partial charge in [-0.3, -0.25) is 5.32 Å². The van der Waals surface area contributed by atoms with Gasteiger partial charge in [-0.25, -0.2) is 4.79 Å². The molecule has 0 saturated carbocycles. The fraction of sp³-hybridized carbons (Fsp3) is 0.192. The van der Waals surface area contributed by atoms with Gasteiger partial charge in [0.25, 0.3) is 0 Å². The Morgan fingerprint density at radius 2 is 1.67 bits per heavy atom. The Kier molecular flexibility index (Phi) is 6.26. The number of carbonyl (C=O) groups is 1. The van der Waals surface area contributed by atoms with E-state index in [2.05, 4.69) is 31.8 Å². The summed E-state index contributed by atoms with van der Waals surface area (Å²) in [5.74, 6) is 0.738. The maximum atomic E-state index is 12.3. The fourth-order valence-corrected chi connectivity index (χ4v) is 3.34. The Morgan fingerprint density at radius 3 is 2.27 bits per heavy atom. The van der Waals surface area contributed by atoms with Crippen molar-refractivity contribution in [2.24, 2.45) is 0 Å². The number of rotatable bonds is 6. The lowest BCUT2D eigenvalue weighted by atomic mass is 9.77. The van der Waals surface area contributed by atoms with Gasteiger partial charge in [-0.2, -0.15) is 0 Å². The molecular formula is C26H27NO3. The summed E-state index contributed by atoms with van der Waals surface area (Å²) in [6.07, 6.45) is 2.08. The van der Waals surface area contributed by atoms with Gasteiger partial charge in [-0.05, 0) is 65.9 Å². The first-order valence-electron chi connectivity index (χ1n) is 9.89. The molecule has 3 rings (SSSR count). The zero-order valence-electron chi connectivity index (χ0n) is 17.6. The normalized spacial score (nSPS) is 11.0. The largest absolute Gasteiger partial charge is 0.508 e. The van der Waals surface area contributed by atoms with E-state index in [1.165, 1.54) is 0 Å². The van der Waals surface area contributed by atoms with Gasteiger partial charge in [-0.1, -0.05) is 56.3 Å². The molecule has 4 nitrogen and oxygen atoms in total. The second-order valence-corrected chi connectivity index (χ2v) is 7.85. The molecule has 0 aliphatic rings. The number of ether oxygens (including phenoxy) is 1.